The Morgan fingerprint density at radius 3 is 2.26 bits per heavy atom. The summed E-state index contributed by atoms with van der Waals surface area (Å²) in [7, 11) is -3.82. The van der Waals surface area contributed by atoms with Crippen LogP contribution in [-0.4, -0.2) is 50.0 Å². The second-order valence-corrected chi connectivity index (χ2v) is 12.2. The number of benzene rings is 2. The van der Waals surface area contributed by atoms with Crippen LogP contribution in [0.4, 0.5) is 5.69 Å². The van der Waals surface area contributed by atoms with Crippen molar-refractivity contribution in [3.63, 3.8) is 0 Å². The lowest BCUT2D eigenvalue weighted by molar-refractivity contribution is -0.139. The fraction of sp³-hybridized carbons (Fsp3) is 0.417. The number of carbonyl (C=O) groups excluding carboxylic acids is 2. The molecule has 1 N–H and O–H groups in total. The van der Waals surface area contributed by atoms with Crippen molar-refractivity contribution in [1.29, 1.82) is 0 Å². The number of anilines is 1. The second kappa shape index (κ2) is 12.0. The van der Waals surface area contributed by atoms with Gasteiger partial charge >= 0.3 is 0 Å². The summed E-state index contributed by atoms with van der Waals surface area (Å²) in [6.07, 6.45) is 4.92. The number of carbonyl (C=O) groups is 2. The highest BCUT2D eigenvalue weighted by Crippen LogP contribution is 2.29. The van der Waals surface area contributed by atoms with Gasteiger partial charge in [-0.3, -0.25) is 13.9 Å². The predicted molar refractivity (Wildman–Crippen MR) is 143 cm³/mol. The van der Waals surface area contributed by atoms with Gasteiger partial charge in [-0.2, -0.15) is 0 Å². The Hall–Kier alpha value is -1.81. The Balaban J connectivity index is 1.93. The molecule has 35 heavy (non-hydrogen) atoms. The molecule has 0 aromatic heterocycles. The Bertz CT molecular complexity index is 1170. The van der Waals surface area contributed by atoms with E-state index in [4.69, 9.17) is 23.2 Å². The van der Waals surface area contributed by atoms with Crippen LogP contribution in [0.15, 0.2) is 46.9 Å². The first-order valence-electron chi connectivity index (χ1n) is 11.2. The van der Waals surface area contributed by atoms with Gasteiger partial charge in [-0.1, -0.05) is 54.2 Å². The van der Waals surface area contributed by atoms with Crippen LogP contribution in [-0.2, 0) is 26.2 Å². The molecule has 11 heteroatoms. The van der Waals surface area contributed by atoms with Gasteiger partial charge in [-0.05, 0) is 60.0 Å². The summed E-state index contributed by atoms with van der Waals surface area (Å²) in [5.74, 6) is -0.864. The molecule has 0 saturated heterocycles. The summed E-state index contributed by atoms with van der Waals surface area (Å²) in [5, 5.41) is 3.72. The molecule has 2 aromatic carbocycles. The minimum Gasteiger partial charge on any atom is -0.352 e. The van der Waals surface area contributed by atoms with Crippen LogP contribution in [0, 0.1) is 0 Å². The minimum atomic E-state index is -3.82. The maximum atomic E-state index is 13.6. The SMILES string of the molecule is CC(C(=O)NC1CCCC1)N(Cc1c(Cl)cccc1Cl)C(=O)CN(c1ccccc1Br)S(C)(=O)=O. The standard InChI is InChI=1S/C24H28BrCl2N3O4S/c1-16(24(32)28-17-8-3-4-9-17)29(14-18-20(26)11-7-12-21(18)27)23(31)15-30(35(2,33)34)22-13-6-5-10-19(22)25/h5-7,10-13,16-17H,3-4,8-9,14-15H2,1-2H3,(H,28,32). The van der Waals surface area contributed by atoms with E-state index >= 15 is 0 Å². The number of para-hydroxylation sites is 1. The van der Waals surface area contributed by atoms with E-state index in [1.807, 2.05) is 0 Å². The van der Waals surface area contributed by atoms with Crippen LogP contribution in [0.25, 0.3) is 0 Å². The third-order valence-electron chi connectivity index (χ3n) is 6.06. The number of amides is 2. The topological polar surface area (TPSA) is 86.8 Å². The molecule has 190 valence electrons. The molecule has 0 heterocycles. The summed E-state index contributed by atoms with van der Waals surface area (Å²) < 4.78 is 26.8. The highest BCUT2D eigenvalue weighted by atomic mass is 79.9. The van der Waals surface area contributed by atoms with Gasteiger partial charge in [0.1, 0.15) is 12.6 Å². The molecule has 0 aliphatic heterocycles. The van der Waals surface area contributed by atoms with Gasteiger partial charge in [0.2, 0.25) is 21.8 Å². The minimum absolute atomic E-state index is 0.0514. The van der Waals surface area contributed by atoms with Crippen molar-refractivity contribution >= 4 is 66.7 Å². The predicted octanol–water partition coefficient (Wildman–Crippen LogP) is 5.00. The van der Waals surface area contributed by atoms with Gasteiger partial charge in [0.05, 0.1) is 11.9 Å². The average Bonchev–Trinajstić information content (AvgIpc) is 3.29. The van der Waals surface area contributed by atoms with Crippen LogP contribution in [0.5, 0.6) is 0 Å². The Morgan fingerprint density at radius 2 is 1.69 bits per heavy atom. The molecule has 1 aliphatic rings. The van der Waals surface area contributed by atoms with Gasteiger partial charge in [0.25, 0.3) is 0 Å². The highest BCUT2D eigenvalue weighted by Gasteiger charge is 2.32. The summed E-state index contributed by atoms with van der Waals surface area (Å²) >= 11 is 16.1. The number of nitrogens with one attached hydrogen (secondary N) is 1. The van der Waals surface area contributed by atoms with E-state index in [9.17, 15) is 18.0 Å². The normalized spacial score (nSPS) is 15.0. The van der Waals surface area contributed by atoms with Crippen LogP contribution < -0.4 is 9.62 Å². The molecule has 2 aromatic rings. The Labute approximate surface area is 224 Å². The molecule has 0 radical (unpaired) electrons. The monoisotopic (exact) mass is 603 g/mol. The fourth-order valence-corrected chi connectivity index (χ4v) is 6.07. The molecule has 0 spiro atoms. The lowest BCUT2D eigenvalue weighted by Gasteiger charge is -2.32. The number of hydrogen-bond acceptors (Lipinski definition) is 4. The number of nitrogens with zero attached hydrogens (tertiary/aromatic N) is 2. The van der Waals surface area contributed by atoms with Crippen LogP contribution in [0.1, 0.15) is 38.2 Å². The van der Waals surface area contributed by atoms with Crippen LogP contribution >= 0.6 is 39.1 Å². The van der Waals surface area contributed by atoms with Crippen LogP contribution in [0.3, 0.4) is 0 Å². The maximum Gasteiger partial charge on any atom is 0.244 e. The van der Waals surface area contributed by atoms with Gasteiger partial charge in [0, 0.05) is 32.7 Å². The molecule has 0 bridgehead atoms. The Kier molecular flexibility index (Phi) is 9.48. The molecule has 1 unspecified atom stereocenters. The smallest absolute Gasteiger partial charge is 0.244 e. The van der Waals surface area contributed by atoms with Crippen molar-refractivity contribution in [3.8, 4) is 0 Å². The van der Waals surface area contributed by atoms with E-state index in [0.29, 0.717) is 25.8 Å². The molecule has 2 amide bonds. The summed E-state index contributed by atoms with van der Waals surface area (Å²) in [6, 6.07) is 10.9. The lowest BCUT2D eigenvalue weighted by Crippen LogP contribution is -2.52. The molecular formula is C24H28BrCl2N3O4S. The maximum absolute atomic E-state index is 13.6. The Morgan fingerprint density at radius 1 is 1.09 bits per heavy atom. The number of sulfonamides is 1. The second-order valence-electron chi connectivity index (χ2n) is 8.61. The van der Waals surface area contributed by atoms with E-state index in [2.05, 4.69) is 21.2 Å². The first-order valence-corrected chi connectivity index (χ1v) is 14.6. The first-order chi connectivity index (χ1) is 16.5. The number of halogens is 3. The van der Waals surface area contributed by atoms with Gasteiger partial charge in [0.15, 0.2) is 0 Å². The third kappa shape index (κ3) is 7.12. The van der Waals surface area contributed by atoms with Crippen molar-refractivity contribution in [2.24, 2.45) is 0 Å². The van der Waals surface area contributed by atoms with E-state index in [-0.39, 0.29) is 18.5 Å². The van der Waals surface area contributed by atoms with Gasteiger partial charge in [-0.15, -0.1) is 0 Å². The molecule has 7 nitrogen and oxygen atoms in total. The molecule has 1 saturated carbocycles. The molecule has 1 atom stereocenters. The largest absolute Gasteiger partial charge is 0.352 e. The average molecular weight is 605 g/mol. The molecule has 3 rings (SSSR count). The van der Waals surface area contributed by atoms with Gasteiger partial charge in [-0.25, -0.2) is 8.42 Å². The zero-order valence-corrected chi connectivity index (χ0v) is 23.4. The van der Waals surface area contributed by atoms with E-state index in [1.54, 1.807) is 49.4 Å². The number of hydrogen-bond donors (Lipinski definition) is 1. The van der Waals surface area contributed by atoms with Crippen molar-refractivity contribution in [2.75, 3.05) is 17.1 Å². The zero-order valence-electron chi connectivity index (χ0n) is 19.5. The van der Waals surface area contributed by atoms with Crippen LogP contribution in [0.2, 0.25) is 10.0 Å². The quantitative estimate of drug-likeness (QED) is 0.436. The molecule has 1 fully saturated rings. The fourth-order valence-electron chi connectivity index (χ4n) is 4.08. The van der Waals surface area contributed by atoms with Crippen molar-refractivity contribution < 1.29 is 18.0 Å². The molecular weight excluding hydrogens is 577 g/mol. The van der Waals surface area contributed by atoms with Crippen molar-refractivity contribution in [3.05, 3.63) is 62.5 Å². The highest BCUT2D eigenvalue weighted by molar-refractivity contribution is 9.10. The zero-order chi connectivity index (χ0) is 25.8. The van der Waals surface area contributed by atoms with Gasteiger partial charge < -0.3 is 10.2 Å². The first kappa shape index (κ1) is 27.8. The summed E-state index contributed by atoms with van der Waals surface area (Å²) in [5.41, 5.74) is 0.804. The summed E-state index contributed by atoms with van der Waals surface area (Å²) in [4.78, 5) is 28.1. The lowest BCUT2D eigenvalue weighted by atomic mass is 10.1. The number of rotatable bonds is 9. The third-order valence-corrected chi connectivity index (χ3v) is 8.56. The van der Waals surface area contributed by atoms with Crippen molar-refractivity contribution in [2.45, 2.75) is 51.2 Å². The van der Waals surface area contributed by atoms with Crippen molar-refractivity contribution in [1.82, 2.24) is 10.2 Å². The summed E-state index contributed by atoms with van der Waals surface area (Å²) in [6.45, 7) is 1.07. The van der Waals surface area contributed by atoms with E-state index < -0.39 is 28.5 Å². The van der Waals surface area contributed by atoms with E-state index in [1.165, 1.54) is 4.90 Å². The van der Waals surface area contributed by atoms with E-state index in [0.717, 1.165) is 36.2 Å². The molecule has 1 aliphatic carbocycles.